The molecule has 15 heavy (non-hydrogen) atoms. The predicted octanol–water partition coefficient (Wildman–Crippen LogP) is 1.78. The van der Waals surface area contributed by atoms with Crippen molar-refractivity contribution in [2.24, 2.45) is 11.3 Å². The first-order valence-electron chi connectivity index (χ1n) is 5.36. The maximum Gasteiger partial charge on any atom is 0.407 e. The van der Waals surface area contributed by atoms with Crippen molar-refractivity contribution in [1.29, 1.82) is 0 Å². The number of carbonyl (C=O) groups is 1. The second-order valence-electron chi connectivity index (χ2n) is 5.64. The highest BCUT2D eigenvalue weighted by molar-refractivity contribution is 5.67. The summed E-state index contributed by atoms with van der Waals surface area (Å²) in [5.41, 5.74) is -0.872. The maximum absolute atomic E-state index is 11.2. The summed E-state index contributed by atoms with van der Waals surface area (Å²) in [4.78, 5) is 12.6. The first kappa shape index (κ1) is 12.3. The first-order chi connectivity index (χ1) is 6.74. The van der Waals surface area contributed by atoms with E-state index < -0.39 is 11.6 Å². The maximum atomic E-state index is 11.2. The number of likely N-dealkylation sites (tertiary alicyclic amines) is 1. The molecule has 1 amide bonds. The van der Waals surface area contributed by atoms with Crippen LogP contribution in [0.25, 0.3) is 0 Å². The molecular formula is C11H21NO3. The van der Waals surface area contributed by atoms with Crippen molar-refractivity contribution in [3.05, 3.63) is 0 Å². The zero-order valence-corrected chi connectivity index (χ0v) is 9.95. The fraction of sp³-hybridized carbons (Fsp3) is 0.909. The number of hydrogen-bond donors (Lipinski definition) is 2. The third-order valence-corrected chi connectivity index (χ3v) is 3.59. The van der Waals surface area contributed by atoms with Crippen LogP contribution in [0.5, 0.6) is 0 Å². The molecule has 1 saturated heterocycles. The zero-order valence-electron chi connectivity index (χ0n) is 9.95. The van der Waals surface area contributed by atoms with Gasteiger partial charge in [0.15, 0.2) is 0 Å². The first-order valence-corrected chi connectivity index (χ1v) is 5.36. The standard InChI is InChI=1S/C11H21NO3/c1-8-5-11(7-13,10(2,3)4)12(6-8)9(14)15/h8,13H,5-7H2,1-4H3,(H,14,15)/t8?,11-/m0/s1. The number of aliphatic hydroxyl groups excluding tert-OH is 1. The van der Waals surface area contributed by atoms with E-state index >= 15 is 0 Å². The van der Waals surface area contributed by atoms with Crippen molar-refractivity contribution in [1.82, 2.24) is 4.90 Å². The fourth-order valence-corrected chi connectivity index (χ4v) is 2.60. The lowest BCUT2D eigenvalue weighted by molar-refractivity contribution is -0.0115. The molecule has 0 spiro atoms. The summed E-state index contributed by atoms with van der Waals surface area (Å²) >= 11 is 0. The van der Waals surface area contributed by atoms with E-state index in [1.807, 2.05) is 27.7 Å². The number of nitrogens with zero attached hydrogens (tertiary/aromatic N) is 1. The molecular weight excluding hydrogens is 194 g/mol. The monoisotopic (exact) mass is 215 g/mol. The van der Waals surface area contributed by atoms with Gasteiger partial charge in [0.2, 0.25) is 0 Å². The molecule has 1 fully saturated rings. The lowest BCUT2D eigenvalue weighted by Gasteiger charge is -2.45. The lowest BCUT2D eigenvalue weighted by atomic mass is 9.71. The minimum Gasteiger partial charge on any atom is -0.465 e. The van der Waals surface area contributed by atoms with E-state index in [9.17, 15) is 15.0 Å². The van der Waals surface area contributed by atoms with Gasteiger partial charge in [0.25, 0.3) is 0 Å². The van der Waals surface area contributed by atoms with Crippen LogP contribution in [0.15, 0.2) is 0 Å². The van der Waals surface area contributed by atoms with E-state index in [1.54, 1.807) is 0 Å². The van der Waals surface area contributed by atoms with Crippen molar-refractivity contribution >= 4 is 6.09 Å². The topological polar surface area (TPSA) is 60.8 Å². The Morgan fingerprint density at radius 3 is 2.33 bits per heavy atom. The quantitative estimate of drug-likeness (QED) is 0.701. The molecule has 0 aromatic heterocycles. The number of hydrogen-bond acceptors (Lipinski definition) is 2. The lowest BCUT2D eigenvalue weighted by Crippen LogP contribution is -2.57. The molecule has 0 bridgehead atoms. The Kier molecular flexibility index (Phi) is 3.01. The van der Waals surface area contributed by atoms with E-state index in [0.717, 1.165) is 6.42 Å². The normalized spacial score (nSPS) is 32.1. The van der Waals surface area contributed by atoms with Crippen LogP contribution in [0.2, 0.25) is 0 Å². The van der Waals surface area contributed by atoms with Crippen molar-refractivity contribution < 1.29 is 15.0 Å². The van der Waals surface area contributed by atoms with Gasteiger partial charge in [0.05, 0.1) is 12.1 Å². The molecule has 0 saturated carbocycles. The van der Waals surface area contributed by atoms with Crippen LogP contribution >= 0.6 is 0 Å². The summed E-state index contributed by atoms with van der Waals surface area (Å²) in [5, 5.41) is 18.8. The second kappa shape index (κ2) is 3.67. The summed E-state index contributed by atoms with van der Waals surface area (Å²) in [6.45, 7) is 8.39. The average Bonchev–Trinajstić information content (AvgIpc) is 2.42. The van der Waals surface area contributed by atoms with E-state index in [-0.39, 0.29) is 12.0 Å². The van der Waals surface area contributed by atoms with E-state index in [0.29, 0.717) is 12.5 Å². The summed E-state index contributed by atoms with van der Waals surface area (Å²) in [6.07, 6.45) is -0.192. The van der Waals surface area contributed by atoms with Gasteiger partial charge >= 0.3 is 6.09 Å². The van der Waals surface area contributed by atoms with Gasteiger partial charge in [-0.3, -0.25) is 4.90 Å². The molecule has 2 N–H and O–H groups in total. The average molecular weight is 215 g/mol. The van der Waals surface area contributed by atoms with Crippen LogP contribution in [0.3, 0.4) is 0 Å². The Bertz CT molecular complexity index is 259. The van der Waals surface area contributed by atoms with Crippen molar-refractivity contribution in [2.45, 2.75) is 39.7 Å². The molecule has 4 nitrogen and oxygen atoms in total. The summed E-state index contributed by atoms with van der Waals surface area (Å²) in [7, 11) is 0. The predicted molar refractivity (Wildman–Crippen MR) is 57.8 cm³/mol. The van der Waals surface area contributed by atoms with E-state index in [1.165, 1.54) is 4.90 Å². The Balaban J connectivity index is 3.11. The number of carboxylic acid groups (broad SMARTS) is 1. The molecule has 1 rings (SSSR count). The molecule has 0 aromatic rings. The van der Waals surface area contributed by atoms with Crippen LogP contribution < -0.4 is 0 Å². The highest BCUT2D eigenvalue weighted by Gasteiger charge is 2.53. The van der Waals surface area contributed by atoms with Crippen molar-refractivity contribution in [3.63, 3.8) is 0 Å². The second-order valence-corrected chi connectivity index (χ2v) is 5.64. The number of amides is 1. The summed E-state index contributed by atoms with van der Waals surface area (Å²) < 4.78 is 0. The minimum atomic E-state index is -0.927. The van der Waals surface area contributed by atoms with Gasteiger partial charge < -0.3 is 10.2 Å². The molecule has 4 heteroatoms. The molecule has 1 unspecified atom stereocenters. The Morgan fingerprint density at radius 2 is 2.07 bits per heavy atom. The van der Waals surface area contributed by atoms with Crippen LogP contribution in [-0.4, -0.2) is 39.9 Å². The molecule has 1 aliphatic rings. The summed E-state index contributed by atoms with van der Waals surface area (Å²) in [6, 6.07) is 0. The highest BCUT2D eigenvalue weighted by atomic mass is 16.4. The van der Waals surface area contributed by atoms with Gasteiger partial charge in [-0.15, -0.1) is 0 Å². The molecule has 1 aliphatic heterocycles. The Labute approximate surface area is 90.9 Å². The van der Waals surface area contributed by atoms with Crippen LogP contribution in [0.4, 0.5) is 4.79 Å². The fourth-order valence-electron chi connectivity index (χ4n) is 2.60. The smallest absolute Gasteiger partial charge is 0.407 e. The van der Waals surface area contributed by atoms with E-state index in [4.69, 9.17) is 0 Å². The zero-order chi connectivity index (χ0) is 11.9. The third kappa shape index (κ3) is 1.83. The van der Waals surface area contributed by atoms with Gasteiger partial charge in [-0.05, 0) is 17.8 Å². The molecule has 0 radical (unpaired) electrons. The molecule has 2 atom stereocenters. The minimum absolute atomic E-state index is 0.104. The van der Waals surface area contributed by atoms with E-state index in [2.05, 4.69) is 0 Å². The van der Waals surface area contributed by atoms with Crippen LogP contribution in [0, 0.1) is 11.3 Å². The van der Waals surface area contributed by atoms with Gasteiger partial charge in [0.1, 0.15) is 0 Å². The molecule has 0 aliphatic carbocycles. The number of aliphatic hydroxyl groups is 1. The molecule has 0 aromatic carbocycles. The van der Waals surface area contributed by atoms with Gasteiger partial charge in [-0.2, -0.15) is 0 Å². The van der Waals surface area contributed by atoms with Gasteiger partial charge in [-0.25, -0.2) is 4.79 Å². The van der Waals surface area contributed by atoms with Crippen molar-refractivity contribution in [2.75, 3.05) is 13.2 Å². The van der Waals surface area contributed by atoms with Gasteiger partial charge in [0, 0.05) is 6.54 Å². The van der Waals surface area contributed by atoms with Crippen molar-refractivity contribution in [3.8, 4) is 0 Å². The Hall–Kier alpha value is -0.770. The summed E-state index contributed by atoms with van der Waals surface area (Å²) in [5.74, 6) is 0.312. The van der Waals surface area contributed by atoms with Crippen LogP contribution in [0.1, 0.15) is 34.1 Å². The largest absolute Gasteiger partial charge is 0.465 e. The van der Waals surface area contributed by atoms with Crippen LogP contribution in [-0.2, 0) is 0 Å². The van der Waals surface area contributed by atoms with Gasteiger partial charge in [-0.1, -0.05) is 27.7 Å². The molecule has 1 heterocycles. The third-order valence-electron chi connectivity index (χ3n) is 3.59. The highest BCUT2D eigenvalue weighted by Crippen LogP contribution is 2.45. The SMILES string of the molecule is CC1CN(C(=O)O)[C@@](CO)(C(C)(C)C)C1. The molecule has 88 valence electrons. The Morgan fingerprint density at radius 1 is 1.53 bits per heavy atom. The number of rotatable bonds is 1.